The van der Waals surface area contributed by atoms with Crippen LogP contribution < -0.4 is 5.32 Å². The molecule has 3 aromatic rings. The Labute approximate surface area is 191 Å². The number of nitrogens with zero attached hydrogens (tertiary/aromatic N) is 3. The third kappa shape index (κ3) is 5.39. The van der Waals surface area contributed by atoms with E-state index in [-0.39, 0.29) is 12.1 Å². The topological polar surface area (TPSA) is 59.4 Å². The van der Waals surface area contributed by atoms with Gasteiger partial charge in [-0.3, -0.25) is 0 Å². The molecule has 0 bridgehead atoms. The molecule has 7 heteroatoms. The first-order valence-electron chi connectivity index (χ1n) is 10.7. The third-order valence-corrected chi connectivity index (χ3v) is 5.84. The molecule has 1 aliphatic rings. The number of piperidine rings is 1. The number of halogens is 1. The lowest BCUT2D eigenvalue weighted by molar-refractivity contribution is 0.0206. The van der Waals surface area contributed by atoms with Crippen molar-refractivity contribution in [3.8, 4) is 0 Å². The number of hydrogen-bond donors (Lipinski definition) is 1. The minimum atomic E-state index is -0.490. The Morgan fingerprint density at radius 1 is 1.19 bits per heavy atom. The number of anilines is 1. The number of likely N-dealkylation sites (tertiary alicyclic amines) is 1. The van der Waals surface area contributed by atoms with E-state index in [4.69, 9.17) is 9.72 Å². The molecule has 1 amide bonds. The number of carbonyl (C=O) groups is 1. The molecule has 2 heterocycles. The number of carbonyl (C=O) groups excluding carboxylic acids is 1. The van der Waals surface area contributed by atoms with E-state index in [1.807, 2.05) is 39.0 Å². The molecule has 0 radical (unpaired) electrons. The van der Waals surface area contributed by atoms with Gasteiger partial charge in [-0.25, -0.2) is 9.78 Å². The maximum Gasteiger partial charge on any atom is 0.410 e. The summed E-state index contributed by atoms with van der Waals surface area (Å²) in [5.74, 6) is 0.833. The van der Waals surface area contributed by atoms with Crippen molar-refractivity contribution in [2.45, 2.75) is 51.8 Å². The van der Waals surface area contributed by atoms with E-state index in [9.17, 15) is 4.79 Å². The van der Waals surface area contributed by atoms with Crippen molar-refractivity contribution in [1.29, 1.82) is 0 Å². The quantitative estimate of drug-likeness (QED) is 0.518. The highest BCUT2D eigenvalue weighted by molar-refractivity contribution is 9.10. The van der Waals surface area contributed by atoms with Gasteiger partial charge in [-0.1, -0.05) is 40.2 Å². The van der Waals surface area contributed by atoms with Gasteiger partial charge in [0, 0.05) is 23.6 Å². The molecule has 0 aliphatic carbocycles. The Morgan fingerprint density at radius 3 is 2.68 bits per heavy atom. The molecular formula is C24H29BrN4O2. The first-order valence-corrected chi connectivity index (χ1v) is 11.5. The van der Waals surface area contributed by atoms with Crippen LogP contribution in [0, 0.1) is 0 Å². The van der Waals surface area contributed by atoms with Crippen LogP contribution in [0.25, 0.3) is 11.0 Å². The van der Waals surface area contributed by atoms with Crippen LogP contribution in [-0.2, 0) is 11.3 Å². The number of hydrogen-bond acceptors (Lipinski definition) is 4. The van der Waals surface area contributed by atoms with E-state index >= 15 is 0 Å². The van der Waals surface area contributed by atoms with Crippen molar-refractivity contribution in [1.82, 2.24) is 14.5 Å². The second-order valence-corrected chi connectivity index (χ2v) is 9.96. The zero-order chi connectivity index (χ0) is 22.0. The van der Waals surface area contributed by atoms with Gasteiger partial charge >= 0.3 is 6.09 Å². The fourth-order valence-corrected chi connectivity index (χ4v) is 4.15. The van der Waals surface area contributed by atoms with Crippen LogP contribution in [-0.4, -0.2) is 45.3 Å². The van der Waals surface area contributed by atoms with Gasteiger partial charge in [0.15, 0.2) is 0 Å². The zero-order valence-corrected chi connectivity index (χ0v) is 19.9. The van der Waals surface area contributed by atoms with Gasteiger partial charge in [0.2, 0.25) is 5.95 Å². The molecule has 1 saturated heterocycles. The van der Waals surface area contributed by atoms with Gasteiger partial charge in [0.25, 0.3) is 0 Å². The van der Waals surface area contributed by atoms with Gasteiger partial charge in [0.1, 0.15) is 5.60 Å². The summed E-state index contributed by atoms with van der Waals surface area (Å²) in [6.45, 7) is 7.75. The van der Waals surface area contributed by atoms with Crippen molar-refractivity contribution in [3.05, 3.63) is 58.6 Å². The maximum absolute atomic E-state index is 12.5. The molecule has 1 N–H and O–H groups in total. The highest BCUT2D eigenvalue weighted by Gasteiger charge is 2.28. The molecule has 4 rings (SSSR count). The monoisotopic (exact) mass is 484 g/mol. The zero-order valence-electron chi connectivity index (χ0n) is 18.3. The Morgan fingerprint density at radius 2 is 1.94 bits per heavy atom. The third-order valence-electron chi connectivity index (χ3n) is 5.31. The first-order chi connectivity index (χ1) is 14.8. The van der Waals surface area contributed by atoms with Crippen LogP contribution >= 0.6 is 15.9 Å². The number of imidazole rings is 1. The molecule has 0 saturated carbocycles. The fourth-order valence-electron chi connectivity index (χ4n) is 3.89. The summed E-state index contributed by atoms with van der Waals surface area (Å²) < 4.78 is 8.85. The predicted octanol–water partition coefficient (Wildman–Crippen LogP) is 5.66. The maximum atomic E-state index is 12.5. The number of para-hydroxylation sites is 2. The summed E-state index contributed by atoms with van der Waals surface area (Å²) in [5.41, 5.74) is 2.76. The van der Waals surface area contributed by atoms with Crippen LogP contribution in [0.2, 0.25) is 0 Å². The summed E-state index contributed by atoms with van der Waals surface area (Å²) in [4.78, 5) is 19.2. The summed E-state index contributed by atoms with van der Waals surface area (Å²) in [6, 6.07) is 16.7. The molecule has 6 nitrogen and oxygen atoms in total. The number of aromatic nitrogens is 2. The van der Waals surface area contributed by atoms with Crippen molar-refractivity contribution >= 4 is 39.0 Å². The largest absolute Gasteiger partial charge is 0.444 e. The number of amides is 1. The number of benzene rings is 2. The standard InChI is InChI=1S/C24H29BrN4O2/c1-24(2,3)31-23(30)28-14-6-7-19(16-28)26-22-27-20-8-4-5-9-21(20)29(22)15-17-10-12-18(25)13-11-17/h4-5,8-13,19H,6-7,14-16H2,1-3H3,(H,26,27)/t19-/m1/s1. The average molecular weight is 485 g/mol. The molecule has 1 aromatic heterocycles. The smallest absolute Gasteiger partial charge is 0.410 e. The van der Waals surface area contributed by atoms with Crippen LogP contribution in [0.4, 0.5) is 10.7 Å². The fraction of sp³-hybridized carbons (Fsp3) is 0.417. The van der Waals surface area contributed by atoms with E-state index in [1.165, 1.54) is 5.56 Å². The highest BCUT2D eigenvalue weighted by atomic mass is 79.9. The van der Waals surface area contributed by atoms with E-state index in [1.54, 1.807) is 4.90 Å². The summed E-state index contributed by atoms with van der Waals surface area (Å²) >= 11 is 3.50. The van der Waals surface area contributed by atoms with Crippen LogP contribution in [0.5, 0.6) is 0 Å². The molecule has 0 spiro atoms. The Hall–Kier alpha value is -2.54. The summed E-state index contributed by atoms with van der Waals surface area (Å²) in [5, 5.41) is 3.61. The molecule has 164 valence electrons. The van der Waals surface area contributed by atoms with Crippen LogP contribution in [0.3, 0.4) is 0 Å². The molecule has 2 aromatic carbocycles. The van der Waals surface area contributed by atoms with Crippen LogP contribution in [0.1, 0.15) is 39.2 Å². The van der Waals surface area contributed by atoms with Crippen molar-refractivity contribution in [2.24, 2.45) is 0 Å². The summed E-state index contributed by atoms with van der Waals surface area (Å²) in [7, 11) is 0. The molecule has 1 fully saturated rings. The first kappa shape index (κ1) is 21.7. The summed E-state index contributed by atoms with van der Waals surface area (Å²) in [6.07, 6.45) is 1.67. The lowest BCUT2D eigenvalue weighted by Gasteiger charge is -2.34. The normalized spacial score (nSPS) is 17.0. The highest BCUT2D eigenvalue weighted by Crippen LogP contribution is 2.24. The van der Waals surface area contributed by atoms with Gasteiger partial charge in [-0.2, -0.15) is 0 Å². The van der Waals surface area contributed by atoms with E-state index in [2.05, 4.69) is 56.1 Å². The van der Waals surface area contributed by atoms with Crippen molar-refractivity contribution < 1.29 is 9.53 Å². The van der Waals surface area contributed by atoms with Gasteiger partial charge in [-0.15, -0.1) is 0 Å². The molecule has 0 unspecified atom stereocenters. The number of nitrogens with one attached hydrogen (secondary N) is 1. The van der Waals surface area contributed by atoms with E-state index in [0.29, 0.717) is 6.54 Å². The molecular weight excluding hydrogens is 456 g/mol. The Balaban J connectivity index is 1.55. The molecule has 1 aliphatic heterocycles. The second-order valence-electron chi connectivity index (χ2n) is 9.05. The lowest BCUT2D eigenvalue weighted by Crippen LogP contribution is -2.47. The van der Waals surface area contributed by atoms with Gasteiger partial charge in [-0.05, 0) is 63.4 Å². The SMILES string of the molecule is CC(C)(C)OC(=O)N1CCC[C@@H](Nc2nc3ccccc3n2Cc2ccc(Br)cc2)C1. The minimum Gasteiger partial charge on any atom is -0.444 e. The number of fused-ring (bicyclic) bond motifs is 1. The number of rotatable bonds is 4. The van der Waals surface area contributed by atoms with Crippen molar-refractivity contribution in [2.75, 3.05) is 18.4 Å². The van der Waals surface area contributed by atoms with Gasteiger partial charge in [0.05, 0.1) is 17.6 Å². The number of ether oxygens (including phenoxy) is 1. The van der Waals surface area contributed by atoms with E-state index in [0.717, 1.165) is 47.4 Å². The van der Waals surface area contributed by atoms with Crippen LogP contribution in [0.15, 0.2) is 53.0 Å². The predicted molar refractivity (Wildman–Crippen MR) is 127 cm³/mol. The molecule has 31 heavy (non-hydrogen) atoms. The van der Waals surface area contributed by atoms with E-state index < -0.39 is 5.60 Å². The second kappa shape index (κ2) is 8.91. The minimum absolute atomic E-state index is 0.127. The van der Waals surface area contributed by atoms with Gasteiger partial charge < -0.3 is 19.5 Å². The lowest BCUT2D eigenvalue weighted by atomic mass is 10.1. The Bertz CT molecular complexity index is 1060. The average Bonchev–Trinajstić information content (AvgIpc) is 3.06. The van der Waals surface area contributed by atoms with Crippen molar-refractivity contribution in [3.63, 3.8) is 0 Å². The Kier molecular flexibility index (Phi) is 6.23. The molecule has 1 atom stereocenters.